The Morgan fingerprint density at radius 3 is 2.91 bits per heavy atom. The van der Waals surface area contributed by atoms with Gasteiger partial charge in [0, 0.05) is 18.3 Å². The molecule has 1 aliphatic rings. The van der Waals surface area contributed by atoms with Crippen molar-refractivity contribution in [3.8, 4) is 22.6 Å². The minimum absolute atomic E-state index is 0.190. The highest BCUT2D eigenvalue weighted by molar-refractivity contribution is 5.95. The van der Waals surface area contributed by atoms with Crippen molar-refractivity contribution in [3.05, 3.63) is 59.7 Å². The molecule has 1 aromatic heterocycles. The summed E-state index contributed by atoms with van der Waals surface area (Å²) in [4.78, 5) is 15.0. The zero-order valence-electron chi connectivity index (χ0n) is 18.4. The molecule has 2 N–H and O–H groups in total. The number of nitrogens with zero attached hydrogens (tertiary/aromatic N) is 2. The van der Waals surface area contributed by atoms with Gasteiger partial charge in [-0.05, 0) is 68.9 Å². The van der Waals surface area contributed by atoms with Crippen LogP contribution in [0.2, 0.25) is 0 Å². The molecule has 0 radical (unpaired) electrons. The molecule has 2 heterocycles. The summed E-state index contributed by atoms with van der Waals surface area (Å²) in [5, 5.41) is 10.0. The van der Waals surface area contributed by atoms with E-state index in [1.807, 2.05) is 50.3 Å². The Kier molecular flexibility index (Phi) is 6.41. The molecule has 0 bridgehead atoms. The fraction of sp³-hybridized carbons (Fsp3) is 0.333. The number of carbonyl (C=O) groups excluding carboxylic acids is 1. The zero-order chi connectivity index (χ0) is 22.7. The highest BCUT2D eigenvalue weighted by Gasteiger charge is 2.27. The van der Waals surface area contributed by atoms with Crippen LogP contribution < -0.4 is 14.8 Å². The maximum Gasteiger partial charge on any atom is 0.231 e. The van der Waals surface area contributed by atoms with Crippen LogP contribution in [0.5, 0.6) is 11.5 Å². The van der Waals surface area contributed by atoms with Gasteiger partial charge in [-0.2, -0.15) is 5.10 Å². The van der Waals surface area contributed by atoms with Gasteiger partial charge < -0.3 is 19.7 Å². The van der Waals surface area contributed by atoms with Crippen LogP contribution in [0.3, 0.4) is 0 Å². The number of aryl methyl sites for hydroxylation is 1. The normalized spacial score (nSPS) is 15.2. The summed E-state index contributed by atoms with van der Waals surface area (Å²) in [5.74, 6) is 0.263. The minimum Gasteiger partial charge on any atom is -0.492 e. The molecule has 8 heteroatoms. The zero-order valence-corrected chi connectivity index (χ0v) is 18.4. The van der Waals surface area contributed by atoms with Crippen LogP contribution in [-0.4, -0.2) is 54.9 Å². The van der Waals surface area contributed by atoms with E-state index in [4.69, 9.17) is 9.47 Å². The first kappa shape index (κ1) is 21.8. The summed E-state index contributed by atoms with van der Waals surface area (Å²) in [6.45, 7) is 3.38. The number of anilines is 1. The first-order chi connectivity index (χ1) is 15.4. The quantitative estimate of drug-likeness (QED) is 0.589. The van der Waals surface area contributed by atoms with Crippen molar-refractivity contribution in [2.24, 2.45) is 5.92 Å². The fourth-order valence-electron chi connectivity index (χ4n) is 3.67. The molecule has 32 heavy (non-hydrogen) atoms. The van der Waals surface area contributed by atoms with Crippen LogP contribution in [0, 0.1) is 18.7 Å². The van der Waals surface area contributed by atoms with Gasteiger partial charge in [-0.15, -0.1) is 0 Å². The molecule has 3 aromatic rings. The summed E-state index contributed by atoms with van der Waals surface area (Å²) in [6, 6.07) is 10.1. The number of nitrogens with one attached hydrogen (secondary N) is 2. The van der Waals surface area contributed by atoms with Crippen LogP contribution in [0.4, 0.5) is 10.1 Å². The second-order valence-corrected chi connectivity index (χ2v) is 8.20. The summed E-state index contributed by atoms with van der Waals surface area (Å²) in [6.07, 6.45) is 2.25. The number of amides is 1. The van der Waals surface area contributed by atoms with Crippen LogP contribution in [0.25, 0.3) is 11.1 Å². The second-order valence-electron chi connectivity index (χ2n) is 8.20. The lowest BCUT2D eigenvalue weighted by Crippen LogP contribution is -2.32. The molecule has 0 aliphatic carbocycles. The number of aromatic nitrogens is 2. The van der Waals surface area contributed by atoms with Crippen molar-refractivity contribution >= 4 is 11.6 Å². The first-order valence-corrected chi connectivity index (χ1v) is 10.5. The van der Waals surface area contributed by atoms with Gasteiger partial charge >= 0.3 is 0 Å². The van der Waals surface area contributed by atoms with Gasteiger partial charge in [0.2, 0.25) is 5.91 Å². The van der Waals surface area contributed by atoms with Crippen LogP contribution in [0.1, 0.15) is 11.3 Å². The molecule has 168 valence electrons. The third kappa shape index (κ3) is 4.91. The number of likely N-dealkylation sites (N-methyl/N-ethyl adjacent to an activating group) is 1. The molecule has 1 aliphatic heterocycles. The van der Waals surface area contributed by atoms with Gasteiger partial charge in [-0.25, -0.2) is 4.39 Å². The third-order valence-electron chi connectivity index (χ3n) is 5.48. The number of benzene rings is 2. The summed E-state index contributed by atoms with van der Waals surface area (Å²) < 4.78 is 25.3. The van der Waals surface area contributed by atoms with E-state index < -0.39 is 5.92 Å². The molecule has 7 nitrogen and oxygen atoms in total. The smallest absolute Gasteiger partial charge is 0.231 e. The van der Waals surface area contributed by atoms with Gasteiger partial charge in [0.25, 0.3) is 0 Å². The number of fused-ring (bicyclic) bond motifs is 1. The second kappa shape index (κ2) is 9.40. The van der Waals surface area contributed by atoms with E-state index in [-0.39, 0.29) is 18.3 Å². The van der Waals surface area contributed by atoms with Gasteiger partial charge in [-0.3, -0.25) is 9.89 Å². The van der Waals surface area contributed by atoms with E-state index in [0.29, 0.717) is 35.8 Å². The predicted molar refractivity (Wildman–Crippen MR) is 121 cm³/mol. The molecule has 1 amide bonds. The van der Waals surface area contributed by atoms with Crippen molar-refractivity contribution < 1.29 is 18.7 Å². The summed E-state index contributed by atoms with van der Waals surface area (Å²) in [7, 11) is 3.95. The van der Waals surface area contributed by atoms with Gasteiger partial charge in [-0.1, -0.05) is 6.07 Å². The van der Waals surface area contributed by atoms with Crippen LogP contribution in [-0.2, 0) is 11.2 Å². The number of rotatable bonds is 7. The Hall–Kier alpha value is -3.39. The van der Waals surface area contributed by atoms with E-state index in [1.54, 1.807) is 6.07 Å². The Labute approximate surface area is 186 Å². The number of H-pyrrole nitrogens is 1. The molecule has 0 fully saturated rings. The van der Waals surface area contributed by atoms with Crippen molar-refractivity contribution in [2.45, 2.75) is 13.3 Å². The molecule has 1 unspecified atom stereocenters. The monoisotopic (exact) mass is 438 g/mol. The SMILES string of the molecule is Cc1n[nH]cc1-c1ccc(NC(=O)C2COc3ccc(F)cc3C2)c(OCCN(C)C)c1. The maximum atomic E-state index is 13.6. The highest BCUT2D eigenvalue weighted by atomic mass is 19.1. The molecule has 4 rings (SSSR count). The highest BCUT2D eigenvalue weighted by Crippen LogP contribution is 2.33. The standard InChI is InChI=1S/C24H27FN4O3/c1-15-20(13-26-28-15)16-4-6-21(23(12-16)31-9-8-29(2)3)27-24(30)18-10-17-11-19(25)5-7-22(17)32-14-18/h4-7,11-13,18H,8-10,14H2,1-3H3,(H,26,28)(H,27,30). The van der Waals surface area contributed by atoms with Gasteiger partial charge in [0.05, 0.1) is 17.3 Å². The summed E-state index contributed by atoms with van der Waals surface area (Å²) in [5.41, 5.74) is 4.08. The van der Waals surface area contributed by atoms with Gasteiger partial charge in [0.15, 0.2) is 0 Å². The summed E-state index contributed by atoms with van der Waals surface area (Å²) >= 11 is 0. The molecular formula is C24H27FN4O3. The third-order valence-corrected chi connectivity index (χ3v) is 5.48. The average molecular weight is 439 g/mol. The Bertz CT molecular complexity index is 1110. The predicted octanol–water partition coefficient (Wildman–Crippen LogP) is 3.65. The topological polar surface area (TPSA) is 79.5 Å². The number of carbonyl (C=O) groups is 1. The lowest BCUT2D eigenvalue weighted by molar-refractivity contribution is -0.121. The molecule has 1 atom stereocenters. The number of hydrogen-bond acceptors (Lipinski definition) is 5. The van der Waals surface area contributed by atoms with Crippen LogP contribution in [0.15, 0.2) is 42.6 Å². The molecule has 0 saturated carbocycles. The van der Waals surface area contributed by atoms with E-state index in [0.717, 1.165) is 23.4 Å². The Morgan fingerprint density at radius 1 is 1.31 bits per heavy atom. The van der Waals surface area contributed by atoms with E-state index in [1.165, 1.54) is 12.1 Å². The minimum atomic E-state index is -0.422. The molecule has 0 saturated heterocycles. The van der Waals surface area contributed by atoms with Crippen LogP contribution >= 0.6 is 0 Å². The van der Waals surface area contributed by atoms with E-state index in [9.17, 15) is 9.18 Å². The van der Waals surface area contributed by atoms with E-state index >= 15 is 0 Å². The molecular weight excluding hydrogens is 411 g/mol. The molecule has 0 spiro atoms. The van der Waals surface area contributed by atoms with Crippen molar-refractivity contribution in [3.63, 3.8) is 0 Å². The Morgan fingerprint density at radius 2 is 2.16 bits per heavy atom. The number of hydrogen-bond donors (Lipinski definition) is 2. The molecule has 2 aromatic carbocycles. The lowest BCUT2D eigenvalue weighted by atomic mass is 9.95. The lowest BCUT2D eigenvalue weighted by Gasteiger charge is -2.25. The maximum absolute atomic E-state index is 13.6. The average Bonchev–Trinajstić information content (AvgIpc) is 3.19. The number of aromatic amines is 1. The number of halogens is 1. The van der Waals surface area contributed by atoms with Crippen molar-refractivity contribution in [2.75, 3.05) is 39.2 Å². The van der Waals surface area contributed by atoms with Crippen molar-refractivity contribution in [1.29, 1.82) is 0 Å². The first-order valence-electron chi connectivity index (χ1n) is 10.5. The van der Waals surface area contributed by atoms with Gasteiger partial charge in [0.1, 0.15) is 30.5 Å². The van der Waals surface area contributed by atoms with E-state index in [2.05, 4.69) is 15.5 Å². The largest absolute Gasteiger partial charge is 0.492 e. The fourth-order valence-corrected chi connectivity index (χ4v) is 3.67. The number of ether oxygens (including phenoxy) is 2. The van der Waals surface area contributed by atoms with Crippen molar-refractivity contribution in [1.82, 2.24) is 15.1 Å². The Balaban J connectivity index is 1.53.